The summed E-state index contributed by atoms with van der Waals surface area (Å²) in [5.41, 5.74) is 0.613. The van der Waals surface area contributed by atoms with Gasteiger partial charge in [-0.15, -0.1) is 0 Å². The van der Waals surface area contributed by atoms with Crippen LogP contribution in [0.25, 0.3) is 11.1 Å². The van der Waals surface area contributed by atoms with E-state index in [-0.39, 0.29) is 11.5 Å². The second-order valence-corrected chi connectivity index (χ2v) is 4.10. The number of aromatic amines is 1. The average molecular weight is 272 g/mol. The topological polar surface area (TPSA) is 99.3 Å². The summed E-state index contributed by atoms with van der Waals surface area (Å²) >= 11 is 0. The van der Waals surface area contributed by atoms with Gasteiger partial charge in [0.15, 0.2) is 0 Å². The first-order chi connectivity index (χ1) is 9.52. The maximum Gasteiger partial charge on any atom is 0.341 e. The molecule has 20 heavy (non-hydrogen) atoms. The van der Waals surface area contributed by atoms with Crippen LogP contribution in [0.3, 0.4) is 0 Å². The van der Waals surface area contributed by atoms with E-state index in [9.17, 15) is 14.4 Å². The number of H-pyrrole nitrogens is 1. The lowest BCUT2D eigenvalue weighted by Crippen LogP contribution is -2.18. The molecule has 1 amide bonds. The van der Waals surface area contributed by atoms with Gasteiger partial charge in [0.05, 0.1) is 0 Å². The summed E-state index contributed by atoms with van der Waals surface area (Å²) in [5, 5.41) is 11.4. The molecular weight excluding hydrogens is 260 g/mol. The Morgan fingerprint density at radius 2 is 1.95 bits per heavy atom. The highest BCUT2D eigenvalue weighted by Gasteiger charge is 2.11. The van der Waals surface area contributed by atoms with Crippen LogP contribution in [0.2, 0.25) is 0 Å². The van der Waals surface area contributed by atoms with Crippen molar-refractivity contribution in [2.24, 2.45) is 0 Å². The molecular formula is C14H12N2O4. The summed E-state index contributed by atoms with van der Waals surface area (Å²) < 4.78 is 0. The average Bonchev–Trinajstić information content (AvgIpc) is 2.46. The number of hydrogen-bond acceptors (Lipinski definition) is 3. The van der Waals surface area contributed by atoms with E-state index >= 15 is 0 Å². The number of hydrogen-bond donors (Lipinski definition) is 3. The number of carbonyl (C=O) groups excluding carboxylic acids is 1. The molecule has 0 atom stereocenters. The monoisotopic (exact) mass is 272 g/mol. The predicted octanol–water partition coefficient (Wildman–Crippen LogP) is 1.10. The number of benzene rings is 1. The van der Waals surface area contributed by atoms with E-state index in [2.05, 4.69) is 10.3 Å². The maximum atomic E-state index is 11.6. The normalized spacial score (nSPS) is 10.1. The smallest absolute Gasteiger partial charge is 0.341 e. The Labute approximate surface area is 114 Å². The number of carbonyl (C=O) groups is 2. The summed E-state index contributed by atoms with van der Waals surface area (Å²) in [5.74, 6) is -1.54. The molecule has 0 aliphatic heterocycles. The molecule has 1 heterocycles. The quantitative estimate of drug-likeness (QED) is 0.779. The molecule has 6 nitrogen and oxygen atoms in total. The van der Waals surface area contributed by atoms with Crippen LogP contribution in [0.4, 0.5) is 0 Å². The zero-order valence-corrected chi connectivity index (χ0v) is 10.6. The Morgan fingerprint density at radius 1 is 1.20 bits per heavy atom. The zero-order chi connectivity index (χ0) is 14.7. The second-order valence-electron chi connectivity index (χ2n) is 4.10. The molecule has 0 saturated heterocycles. The number of amides is 1. The number of carboxylic acids is 1. The van der Waals surface area contributed by atoms with Gasteiger partial charge in [-0.3, -0.25) is 9.59 Å². The molecule has 1 aromatic heterocycles. The molecule has 2 aromatic rings. The minimum atomic E-state index is -1.30. The second kappa shape index (κ2) is 5.40. The van der Waals surface area contributed by atoms with Gasteiger partial charge in [-0.05, 0) is 29.3 Å². The highest BCUT2D eigenvalue weighted by molar-refractivity contribution is 5.95. The molecule has 102 valence electrons. The molecule has 0 fully saturated rings. The van der Waals surface area contributed by atoms with E-state index in [1.807, 2.05) is 0 Å². The van der Waals surface area contributed by atoms with Gasteiger partial charge in [0.25, 0.3) is 11.5 Å². The Kier molecular flexibility index (Phi) is 3.65. The SMILES string of the molecule is CNC(=O)c1cccc(-c2c[nH]c(=O)c(C(=O)O)c2)c1. The first kappa shape index (κ1) is 13.5. The Balaban J connectivity index is 2.52. The van der Waals surface area contributed by atoms with Crippen molar-refractivity contribution in [3.63, 3.8) is 0 Å². The predicted molar refractivity (Wildman–Crippen MR) is 72.8 cm³/mol. The first-order valence-corrected chi connectivity index (χ1v) is 5.81. The zero-order valence-electron chi connectivity index (χ0n) is 10.6. The summed E-state index contributed by atoms with van der Waals surface area (Å²) in [6.45, 7) is 0. The third kappa shape index (κ3) is 2.59. The minimum Gasteiger partial charge on any atom is -0.477 e. The Hall–Kier alpha value is -2.89. The van der Waals surface area contributed by atoms with Gasteiger partial charge in [-0.2, -0.15) is 0 Å². The van der Waals surface area contributed by atoms with Crippen molar-refractivity contribution in [2.75, 3.05) is 7.05 Å². The molecule has 0 aliphatic carbocycles. The van der Waals surface area contributed by atoms with Crippen molar-refractivity contribution in [3.05, 3.63) is 58.0 Å². The molecule has 0 saturated carbocycles. The van der Waals surface area contributed by atoms with E-state index in [1.54, 1.807) is 24.3 Å². The van der Waals surface area contributed by atoms with Crippen LogP contribution in [-0.2, 0) is 0 Å². The fourth-order valence-corrected chi connectivity index (χ4v) is 1.79. The number of carboxylic acid groups (broad SMARTS) is 1. The molecule has 1 aromatic carbocycles. The van der Waals surface area contributed by atoms with E-state index in [4.69, 9.17) is 5.11 Å². The minimum absolute atomic E-state index is 0.241. The molecule has 3 N–H and O–H groups in total. The van der Waals surface area contributed by atoms with Gasteiger partial charge in [-0.1, -0.05) is 12.1 Å². The lowest BCUT2D eigenvalue weighted by molar-refractivity contribution is 0.0694. The van der Waals surface area contributed by atoms with Crippen molar-refractivity contribution in [3.8, 4) is 11.1 Å². The van der Waals surface area contributed by atoms with Gasteiger partial charge in [-0.25, -0.2) is 4.79 Å². The van der Waals surface area contributed by atoms with E-state index in [0.717, 1.165) is 0 Å². The van der Waals surface area contributed by atoms with Crippen LogP contribution >= 0.6 is 0 Å². The van der Waals surface area contributed by atoms with Gasteiger partial charge < -0.3 is 15.4 Å². The Morgan fingerprint density at radius 3 is 2.60 bits per heavy atom. The van der Waals surface area contributed by atoms with Crippen LogP contribution in [-0.4, -0.2) is 29.0 Å². The van der Waals surface area contributed by atoms with Crippen LogP contribution in [0.15, 0.2) is 41.3 Å². The van der Waals surface area contributed by atoms with Crippen LogP contribution in [0.1, 0.15) is 20.7 Å². The van der Waals surface area contributed by atoms with Gasteiger partial charge >= 0.3 is 5.97 Å². The van der Waals surface area contributed by atoms with Crippen molar-refractivity contribution >= 4 is 11.9 Å². The Bertz CT molecular complexity index is 734. The number of pyridine rings is 1. The third-order valence-corrected chi connectivity index (χ3v) is 2.82. The molecule has 6 heteroatoms. The largest absolute Gasteiger partial charge is 0.477 e. The van der Waals surface area contributed by atoms with Crippen LogP contribution in [0, 0.1) is 0 Å². The fraction of sp³-hybridized carbons (Fsp3) is 0.0714. The van der Waals surface area contributed by atoms with Crippen molar-refractivity contribution in [2.45, 2.75) is 0 Å². The highest BCUT2D eigenvalue weighted by Crippen LogP contribution is 2.19. The lowest BCUT2D eigenvalue weighted by atomic mass is 10.0. The maximum absolute atomic E-state index is 11.6. The molecule has 0 spiro atoms. The lowest BCUT2D eigenvalue weighted by Gasteiger charge is -2.05. The molecule has 2 rings (SSSR count). The van der Waals surface area contributed by atoms with E-state index < -0.39 is 11.5 Å². The number of rotatable bonds is 3. The first-order valence-electron chi connectivity index (χ1n) is 5.81. The van der Waals surface area contributed by atoms with Gasteiger partial charge in [0.2, 0.25) is 0 Å². The number of nitrogens with one attached hydrogen (secondary N) is 2. The standard InChI is InChI=1S/C14H12N2O4/c1-15-12(17)9-4-2-3-8(5-9)10-6-11(14(19)20)13(18)16-7-10/h2-7H,1H3,(H,15,17)(H,16,18)(H,19,20). The van der Waals surface area contributed by atoms with Crippen molar-refractivity contribution in [1.82, 2.24) is 10.3 Å². The summed E-state index contributed by atoms with van der Waals surface area (Å²) in [6.07, 6.45) is 1.41. The van der Waals surface area contributed by atoms with E-state index in [1.165, 1.54) is 19.3 Å². The highest BCUT2D eigenvalue weighted by atomic mass is 16.4. The van der Waals surface area contributed by atoms with Crippen LogP contribution in [0.5, 0.6) is 0 Å². The molecule has 0 aliphatic rings. The van der Waals surface area contributed by atoms with E-state index in [0.29, 0.717) is 16.7 Å². The van der Waals surface area contributed by atoms with Gasteiger partial charge in [0, 0.05) is 18.8 Å². The molecule has 0 radical (unpaired) electrons. The van der Waals surface area contributed by atoms with Crippen LogP contribution < -0.4 is 10.9 Å². The van der Waals surface area contributed by atoms with Crippen molar-refractivity contribution < 1.29 is 14.7 Å². The third-order valence-electron chi connectivity index (χ3n) is 2.82. The summed E-state index contributed by atoms with van der Waals surface area (Å²) in [7, 11) is 1.53. The molecule has 0 bridgehead atoms. The number of aromatic carboxylic acids is 1. The summed E-state index contributed by atoms with van der Waals surface area (Å²) in [6, 6.07) is 7.96. The van der Waals surface area contributed by atoms with Gasteiger partial charge in [0.1, 0.15) is 5.56 Å². The number of aromatic nitrogens is 1. The molecule has 0 unspecified atom stereocenters. The fourth-order valence-electron chi connectivity index (χ4n) is 1.79. The summed E-state index contributed by atoms with van der Waals surface area (Å²) in [4.78, 5) is 36.2. The van der Waals surface area contributed by atoms with Crippen molar-refractivity contribution in [1.29, 1.82) is 0 Å².